The maximum atomic E-state index is 13.8. The van der Waals surface area contributed by atoms with E-state index in [1.54, 1.807) is 11.0 Å². The molecular weight excluding hydrogens is 439 g/mol. The third-order valence-corrected chi connectivity index (χ3v) is 5.75. The van der Waals surface area contributed by atoms with Crippen molar-refractivity contribution >= 4 is 11.6 Å². The van der Waals surface area contributed by atoms with Crippen LogP contribution in [-0.4, -0.2) is 37.1 Å². The zero-order valence-corrected chi connectivity index (χ0v) is 17.8. The summed E-state index contributed by atoms with van der Waals surface area (Å²) in [6.45, 7) is 4.40. The fraction of sp³-hybridized carbons (Fsp3) is 0.364. The van der Waals surface area contributed by atoms with Crippen LogP contribution in [0.3, 0.4) is 0 Å². The highest BCUT2D eigenvalue weighted by atomic mass is 19.4. The van der Waals surface area contributed by atoms with Gasteiger partial charge in [-0.15, -0.1) is 0 Å². The number of carbonyl (C=O) groups excluding carboxylic acids is 1. The summed E-state index contributed by atoms with van der Waals surface area (Å²) in [6, 6.07) is 5.38. The van der Waals surface area contributed by atoms with Gasteiger partial charge < -0.3 is 13.8 Å². The zero-order valence-electron chi connectivity index (χ0n) is 17.8. The Morgan fingerprint density at radius 1 is 1.27 bits per heavy atom. The van der Waals surface area contributed by atoms with E-state index in [1.165, 1.54) is 12.3 Å². The van der Waals surface area contributed by atoms with Crippen LogP contribution in [0, 0.1) is 0 Å². The SMILES string of the molecule is CC(C)c1cc(C2CCCN2C(=O)c2cnn3c(C(F)(F)F)cc(-c4ccco4)nc23)on1. The van der Waals surface area contributed by atoms with Crippen LogP contribution in [0.4, 0.5) is 13.2 Å². The lowest BCUT2D eigenvalue weighted by Crippen LogP contribution is -2.30. The second kappa shape index (κ2) is 7.75. The topological polar surface area (TPSA) is 89.7 Å². The van der Waals surface area contributed by atoms with Crippen LogP contribution in [0.2, 0.25) is 0 Å². The van der Waals surface area contributed by atoms with Gasteiger partial charge in [0, 0.05) is 12.6 Å². The van der Waals surface area contributed by atoms with Crippen molar-refractivity contribution in [3.8, 4) is 11.5 Å². The standard InChI is InChI=1S/C22H20F3N5O3/c1-12(2)14-9-18(33-28-14)16-5-3-7-29(16)21(31)13-11-26-30-19(22(23,24)25)10-15(27-20(13)30)17-6-4-8-32-17/h4,6,8-12,16H,3,5,7H2,1-2H3. The molecular formula is C22H20F3N5O3. The fourth-order valence-electron chi connectivity index (χ4n) is 4.06. The lowest BCUT2D eigenvalue weighted by molar-refractivity contribution is -0.142. The maximum Gasteiger partial charge on any atom is 0.433 e. The first-order valence-electron chi connectivity index (χ1n) is 10.5. The number of rotatable bonds is 4. The van der Waals surface area contributed by atoms with Crippen molar-refractivity contribution in [3.63, 3.8) is 0 Å². The molecule has 11 heteroatoms. The Kier molecular flexibility index (Phi) is 4.98. The van der Waals surface area contributed by atoms with Crippen molar-refractivity contribution in [2.45, 2.75) is 44.8 Å². The Morgan fingerprint density at radius 2 is 2.09 bits per heavy atom. The number of hydrogen-bond acceptors (Lipinski definition) is 6. The number of hydrogen-bond donors (Lipinski definition) is 0. The number of aromatic nitrogens is 4. The summed E-state index contributed by atoms with van der Waals surface area (Å²) in [5.74, 6) is 0.413. The smallest absolute Gasteiger partial charge is 0.433 e. The zero-order chi connectivity index (χ0) is 23.3. The van der Waals surface area contributed by atoms with E-state index >= 15 is 0 Å². The summed E-state index contributed by atoms with van der Waals surface area (Å²) in [6.07, 6.45) is -0.851. The predicted molar refractivity (Wildman–Crippen MR) is 109 cm³/mol. The van der Waals surface area contributed by atoms with Gasteiger partial charge in [0.05, 0.1) is 24.2 Å². The van der Waals surface area contributed by atoms with E-state index in [2.05, 4.69) is 15.2 Å². The quantitative estimate of drug-likeness (QED) is 0.422. The first-order chi connectivity index (χ1) is 15.7. The monoisotopic (exact) mass is 459 g/mol. The molecule has 1 atom stereocenters. The van der Waals surface area contributed by atoms with E-state index in [9.17, 15) is 18.0 Å². The first-order valence-corrected chi connectivity index (χ1v) is 10.5. The number of carbonyl (C=O) groups is 1. The van der Waals surface area contributed by atoms with Gasteiger partial charge in [0.1, 0.15) is 11.3 Å². The Hall–Kier alpha value is -3.63. The molecule has 1 amide bonds. The molecule has 1 aliphatic heterocycles. The molecule has 4 aromatic rings. The minimum Gasteiger partial charge on any atom is -0.463 e. The molecule has 33 heavy (non-hydrogen) atoms. The molecule has 4 aromatic heterocycles. The molecule has 1 aliphatic rings. The molecule has 8 nitrogen and oxygen atoms in total. The number of furan rings is 1. The summed E-state index contributed by atoms with van der Waals surface area (Å²) < 4.78 is 52.7. The summed E-state index contributed by atoms with van der Waals surface area (Å²) in [7, 11) is 0. The molecule has 5 rings (SSSR count). The van der Waals surface area contributed by atoms with Gasteiger partial charge in [-0.2, -0.15) is 18.3 Å². The van der Waals surface area contributed by atoms with Gasteiger partial charge in [-0.05, 0) is 37.0 Å². The highest BCUT2D eigenvalue weighted by Crippen LogP contribution is 2.36. The van der Waals surface area contributed by atoms with E-state index in [4.69, 9.17) is 8.94 Å². The summed E-state index contributed by atoms with van der Waals surface area (Å²) >= 11 is 0. The van der Waals surface area contributed by atoms with Crippen molar-refractivity contribution in [2.75, 3.05) is 6.54 Å². The largest absolute Gasteiger partial charge is 0.463 e. The molecule has 1 saturated heterocycles. The van der Waals surface area contributed by atoms with Crippen molar-refractivity contribution in [1.29, 1.82) is 0 Å². The maximum absolute atomic E-state index is 13.8. The number of amides is 1. The van der Waals surface area contributed by atoms with Crippen LogP contribution >= 0.6 is 0 Å². The molecule has 0 radical (unpaired) electrons. The second-order valence-corrected chi connectivity index (χ2v) is 8.26. The highest BCUT2D eigenvalue weighted by molar-refractivity contribution is 6.00. The van der Waals surface area contributed by atoms with Gasteiger partial charge in [-0.3, -0.25) is 4.79 Å². The van der Waals surface area contributed by atoms with Gasteiger partial charge >= 0.3 is 6.18 Å². The van der Waals surface area contributed by atoms with E-state index in [1.807, 2.05) is 19.9 Å². The van der Waals surface area contributed by atoms with Gasteiger partial charge in [-0.25, -0.2) is 9.50 Å². The molecule has 5 heterocycles. The van der Waals surface area contributed by atoms with Crippen molar-refractivity contribution < 1.29 is 26.9 Å². The highest BCUT2D eigenvalue weighted by Gasteiger charge is 2.38. The molecule has 1 fully saturated rings. The van der Waals surface area contributed by atoms with Gasteiger partial charge in [0.2, 0.25) is 0 Å². The predicted octanol–water partition coefficient (Wildman–Crippen LogP) is 5.10. The number of fused-ring (bicyclic) bond motifs is 1. The number of likely N-dealkylation sites (tertiary alicyclic amines) is 1. The molecule has 1 unspecified atom stereocenters. The number of halogens is 3. The van der Waals surface area contributed by atoms with Crippen LogP contribution < -0.4 is 0 Å². The van der Waals surface area contributed by atoms with Crippen molar-refractivity contribution in [3.05, 3.63) is 59.4 Å². The summed E-state index contributed by atoms with van der Waals surface area (Å²) in [5, 5.41) is 7.91. The minimum atomic E-state index is -4.71. The Bertz CT molecular complexity index is 1310. The van der Waals surface area contributed by atoms with E-state index in [-0.39, 0.29) is 34.6 Å². The van der Waals surface area contributed by atoms with Gasteiger partial charge in [-0.1, -0.05) is 19.0 Å². The molecule has 0 spiro atoms. The van der Waals surface area contributed by atoms with E-state index in [0.29, 0.717) is 23.2 Å². The Labute approximate surface area is 186 Å². The van der Waals surface area contributed by atoms with Crippen LogP contribution in [0.5, 0.6) is 0 Å². The average molecular weight is 459 g/mol. The normalized spacial score (nSPS) is 16.9. The Morgan fingerprint density at radius 3 is 2.76 bits per heavy atom. The molecule has 0 N–H and O–H groups in total. The molecule has 0 aliphatic carbocycles. The van der Waals surface area contributed by atoms with Crippen LogP contribution in [0.15, 0.2) is 45.7 Å². The summed E-state index contributed by atoms with van der Waals surface area (Å²) in [4.78, 5) is 19.3. The average Bonchev–Trinajstić information content (AvgIpc) is 3.57. The third-order valence-electron chi connectivity index (χ3n) is 5.75. The van der Waals surface area contributed by atoms with Gasteiger partial charge in [0.15, 0.2) is 22.9 Å². The first kappa shape index (κ1) is 21.2. The number of nitrogens with zero attached hydrogens (tertiary/aromatic N) is 5. The Balaban J connectivity index is 1.58. The summed E-state index contributed by atoms with van der Waals surface area (Å²) in [5.41, 5.74) is -0.520. The minimum absolute atomic E-state index is 0.0237. The molecule has 172 valence electrons. The molecule has 0 saturated carbocycles. The van der Waals surface area contributed by atoms with E-state index in [0.717, 1.165) is 24.4 Å². The third kappa shape index (κ3) is 3.66. The molecule has 0 aromatic carbocycles. The lowest BCUT2D eigenvalue weighted by Gasteiger charge is -2.22. The van der Waals surface area contributed by atoms with Crippen LogP contribution in [0.25, 0.3) is 17.1 Å². The number of alkyl halides is 3. The van der Waals surface area contributed by atoms with Gasteiger partial charge in [0.25, 0.3) is 5.91 Å². The van der Waals surface area contributed by atoms with Crippen molar-refractivity contribution in [1.82, 2.24) is 24.7 Å². The molecule has 0 bridgehead atoms. The van der Waals surface area contributed by atoms with Crippen molar-refractivity contribution in [2.24, 2.45) is 0 Å². The lowest BCUT2D eigenvalue weighted by atomic mass is 10.1. The fourth-order valence-corrected chi connectivity index (χ4v) is 4.06. The van der Waals surface area contributed by atoms with Crippen LogP contribution in [0.1, 0.15) is 66.2 Å². The van der Waals surface area contributed by atoms with Crippen LogP contribution in [-0.2, 0) is 6.18 Å². The second-order valence-electron chi connectivity index (χ2n) is 8.26. The van der Waals surface area contributed by atoms with E-state index < -0.39 is 17.8 Å².